The Hall–Kier alpha value is 0.520. The molecule has 0 aliphatic heterocycles. The highest BCUT2D eigenvalue weighted by molar-refractivity contribution is 7.88. The van der Waals surface area contributed by atoms with Crippen molar-refractivity contribution in [3.8, 4) is 0 Å². The Morgan fingerprint density at radius 1 is 1.18 bits per heavy atom. The molecule has 0 aromatic heterocycles. The summed E-state index contributed by atoms with van der Waals surface area (Å²) in [5.74, 6) is 0. The molecule has 0 saturated heterocycles. The molecule has 0 radical (unpaired) electrons. The average Bonchev–Trinajstić information content (AvgIpc) is 1.85. The van der Waals surface area contributed by atoms with Crippen LogP contribution in [0.15, 0.2) is 0 Å². The molecule has 0 amide bonds. The summed E-state index contributed by atoms with van der Waals surface area (Å²) in [6.45, 7) is 1.59. The van der Waals surface area contributed by atoms with E-state index in [9.17, 15) is 4.57 Å². The minimum absolute atomic E-state index is 0.707. The second kappa shape index (κ2) is 6.08. The smallest absolute Gasteiger partial charge is 0.166 e. The van der Waals surface area contributed by atoms with Crippen LogP contribution in [0.5, 0.6) is 0 Å². The van der Waals surface area contributed by atoms with Crippen molar-refractivity contribution in [3.63, 3.8) is 0 Å². The quantitative estimate of drug-likeness (QED) is 0.462. The molecular formula is C8H18ClOP. The third-order valence-corrected chi connectivity index (χ3v) is 3.28. The van der Waals surface area contributed by atoms with Crippen molar-refractivity contribution in [2.75, 3.05) is 12.8 Å². The van der Waals surface area contributed by atoms with Crippen LogP contribution in [0.3, 0.4) is 0 Å². The van der Waals surface area contributed by atoms with Crippen LogP contribution >= 0.6 is 17.7 Å². The van der Waals surface area contributed by atoms with E-state index >= 15 is 0 Å². The van der Waals surface area contributed by atoms with E-state index in [4.69, 9.17) is 11.2 Å². The van der Waals surface area contributed by atoms with Crippen LogP contribution in [-0.2, 0) is 4.57 Å². The fourth-order valence-corrected chi connectivity index (χ4v) is 2.14. The van der Waals surface area contributed by atoms with Crippen LogP contribution in [0.4, 0.5) is 0 Å². The number of halogens is 1. The van der Waals surface area contributed by atoms with E-state index in [1.807, 2.05) is 0 Å². The van der Waals surface area contributed by atoms with Gasteiger partial charge >= 0.3 is 0 Å². The van der Waals surface area contributed by atoms with Crippen LogP contribution in [-0.4, -0.2) is 12.8 Å². The maximum absolute atomic E-state index is 11.0. The normalized spacial score (nSPS) is 16.3. The number of rotatable bonds is 6. The maximum Gasteiger partial charge on any atom is 0.166 e. The molecule has 0 N–H and O–H groups in total. The molecule has 0 aliphatic carbocycles. The zero-order chi connectivity index (χ0) is 8.74. The van der Waals surface area contributed by atoms with Gasteiger partial charge in [-0.1, -0.05) is 43.8 Å². The van der Waals surface area contributed by atoms with E-state index in [0.29, 0.717) is 6.16 Å². The lowest BCUT2D eigenvalue weighted by Crippen LogP contribution is -1.83. The van der Waals surface area contributed by atoms with Crippen LogP contribution in [0.25, 0.3) is 0 Å². The van der Waals surface area contributed by atoms with Gasteiger partial charge in [0.15, 0.2) is 6.49 Å². The van der Waals surface area contributed by atoms with Crippen molar-refractivity contribution in [2.45, 2.75) is 39.0 Å². The van der Waals surface area contributed by atoms with Gasteiger partial charge in [0.2, 0.25) is 0 Å². The van der Waals surface area contributed by atoms with Gasteiger partial charge in [0.25, 0.3) is 0 Å². The number of hydrogen-bond acceptors (Lipinski definition) is 1. The summed E-state index contributed by atoms with van der Waals surface area (Å²) in [6.07, 6.45) is 6.71. The van der Waals surface area contributed by atoms with Crippen molar-refractivity contribution < 1.29 is 4.57 Å². The van der Waals surface area contributed by atoms with Crippen molar-refractivity contribution in [1.29, 1.82) is 0 Å². The van der Waals surface area contributed by atoms with Crippen LogP contribution in [0.2, 0.25) is 0 Å². The Morgan fingerprint density at radius 2 is 1.73 bits per heavy atom. The summed E-state index contributed by atoms with van der Waals surface area (Å²) in [5.41, 5.74) is 0. The van der Waals surface area contributed by atoms with Gasteiger partial charge in [-0.25, -0.2) is 0 Å². The summed E-state index contributed by atoms with van der Waals surface area (Å²) in [6, 6.07) is 0. The minimum Gasteiger partial charge on any atom is -0.307 e. The highest BCUT2D eigenvalue weighted by atomic mass is 35.7. The molecule has 0 bridgehead atoms. The molecule has 0 aromatic rings. The maximum atomic E-state index is 11.0. The summed E-state index contributed by atoms with van der Waals surface area (Å²) in [7, 11) is 0. The lowest BCUT2D eigenvalue weighted by atomic mass is 10.2. The molecule has 3 heteroatoms. The van der Waals surface area contributed by atoms with E-state index < -0.39 is 6.49 Å². The summed E-state index contributed by atoms with van der Waals surface area (Å²) in [5, 5.41) is 0. The molecule has 11 heavy (non-hydrogen) atoms. The molecule has 1 nitrogen and oxygen atoms in total. The monoisotopic (exact) mass is 196 g/mol. The lowest BCUT2D eigenvalue weighted by molar-refractivity contribution is 0.582. The van der Waals surface area contributed by atoms with Gasteiger partial charge in [0, 0.05) is 12.8 Å². The van der Waals surface area contributed by atoms with Crippen molar-refractivity contribution in [2.24, 2.45) is 0 Å². The van der Waals surface area contributed by atoms with Gasteiger partial charge in [0.05, 0.1) is 0 Å². The number of hydrogen-bond donors (Lipinski definition) is 0. The highest BCUT2D eigenvalue weighted by Crippen LogP contribution is 2.47. The first-order chi connectivity index (χ1) is 5.06. The SMILES string of the molecule is CCCCCCCP(C)(=O)Cl. The molecule has 0 saturated carbocycles. The molecular weight excluding hydrogens is 179 g/mol. The summed E-state index contributed by atoms with van der Waals surface area (Å²) in [4.78, 5) is 0. The minimum atomic E-state index is -2.24. The van der Waals surface area contributed by atoms with Gasteiger partial charge in [-0.15, -0.1) is 0 Å². The average molecular weight is 197 g/mol. The topological polar surface area (TPSA) is 17.1 Å². The van der Waals surface area contributed by atoms with Gasteiger partial charge in [-0.05, 0) is 6.42 Å². The Kier molecular flexibility index (Phi) is 6.37. The van der Waals surface area contributed by atoms with Gasteiger partial charge in [-0.2, -0.15) is 0 Å². The first kappa shape index (κ1) is 11.5. The largest absolute Gasteiger partial charge is 0.307 e. The molecule has 0 aliphatic rings. The Labute approximate surface area is 74.7 Å². The Bertz CT molecular complexity index is 130. The zero-order valence-corrected chi connectivity index (χ0v) is 9.13. The van der Waals surface area contributed by atoms with Gasteiger partial charge in [-0.3, -0.25) is 0 Å². The molecule has 0 heterocycles. The van der Waals surface area contributed by atoms with Gasteiger partial charge < -0.3 is 4.57 Å². The fraction of sp³-hybridized carbons (Fsp3) is 1.00. The third kappa shape index (κ3) is 10.5. The number of unbranched alkanes of at least 4 members (excludes halogenated alkanes) is 4. The van der Waals surface area contributed by atoms with Crippen LogP contribution in [0, 0.1) is 0 Å². The highest BCUT2D eigenvalue weighted by Gasteiger charge is 2.07. The molecule has 0 rings (SSSR count). The molecule has 68 valence electrons. The second-order valence-corrected chi connectivity index (χ2v) is 7.69. The van der Waals surface area contributed by atoms with Crippen molar-refractivity contribution >= 4 is 17.7 Å². The molecule has 0 spiro atoms. The Balaban J connectivity index is 3.09. The third-order valence-electron chi connectivity index (χ3n) is 1.66. The Morgan fingerprint density at radius 3 is 2.18 bits per heavy atom. The molecule has 1 atom stereocenters. The summed E-state index contributed by atoms with van der Waals surface area (Å²) >= 11 is 5.60. The fourth-order valence-electron chi connectivity index (χ4n) is 0.998. The molecule has 1 unspecified atom stereocenters. The predicted molar refractivity (Wildman–Crippen MR) is 53.0 cm³/mol. The van der Waals surface area contributed by atoms with Gasteiger partial charge in [0.1, 0.15) is 0 Å². The second-order valence-electron chi connectivity index (χ2n) is 3.12. The van der Waals surface area contributed by atoms with Crippen LogP contribution < -0.4 is 0 Å². The predicted octanol–water partition coefficient (Wildman–Crippen LogP) is 4.10. The summed E-state index contributed by atoms with van der Waals surface area (Å²) < 4.78 is 11.0. The standard InChI is InChI=1S/C8H18ClOP/c1-3-4-5-6-7-8-11(2,9)10/h3-8H2,1-2H3. The van der Waals surface area contributed by atoms with Crippen molar-refractivity contribution in [3.05, 3.63) is 0 Å². The lowest BCUT2D eigenvalue weighted by Gasteiger charge is -2.02. The van der Waals surface area contributed by atoms with E-state index in [-0.39, 0.29) is 0 Å². The molecule has 0 aromatic carbocycles. The van der Waals surface area contributed by atoms with Crippen LogP contribution in [0.1, 0.15) is 39.0 Å². The zero-order valence-electron chi connectivity index (χ0n) is 7.48. The first-order valence-corrected chi connectivity index (χ1v) is 7.57. The van der Waals surface area contributed by atoms with Crippen molar-refractivity contribution in [1.82, 2.24) is 0 Å². The van der Waals surface area contributed by atoms with E-state index in [1.54, 1.807) is 6.66 Å². The van der Waals surface area contributed by atoms with E-state index in [1.165, 1.54) is 25.7 Å². The van der Waals surface area contributed by atoms with E-state index in [2.05, 4.69) is 6.92 Å². The first-order valence-electron chi connectivity index (χ1n) is 4.32. The van der Waals surface area contributed by atoms with E-state index in [0.717, 1.165) is 6.42 Å². The molecule has 0 fully saturated rings.